The number of aliphatic hydroxyl groups is 2. The standard InChI is InChI=1S/C11H13FN2O3/c12-7-3-6(1-2-8(7)13)11(17)14-4-9(15)10(16)5-14/h1-3,9-10,15-16H,4-5,13H2/t9-,10+. The van der Waals surface area contributed by atoms with Crippen LogP contribution in [0.3, 0.4) is 0 Å². The number of aliphatic hydroxyl groups excluding tert-OH is 2. The Morgan fingerprint density at radius 2 is 1.94 bits per heavy atom. The lowest BCUT2D eigenvalue weighted by Crippen LogP contribution is -2.29. The molecule has 1 aliphatic heterocycles. The van der Waals surface area contributed by atoms with E-state index in [1.165, 1.54) is 17.0 Å². The van der Waals surface area contributed by atoms with Crippen LogP contribution in [0, 0.1) is 5.82 Å². The van der Waals surface area contributed by atoms with Crippen molar-refractivity contribution in [1.82, 2.24) is 4.90 Å². The van der Waals surface area contributed by atoms with E-state index in [4.69, 9.17) is 5.73 Å². The summed E-state index contributed by atoms with van der Waals surface area (Å²) in [6.45, 7) is 0.0952. The third-order valence-corrected chi connectivity index (χ3v) is 2.79. The number of benzene rings is 1. The van der Waals surface area contributed by atoms with Crippen LogP contribution < -0.4 is 5.73 Å². The van der Waals surface area contributed by atoms with Gasteiger partial charge in [0.25, 0.3) is 5.91 Å². The second-order valence-electron chi connectivity index (χ2n) is 4.08. The molecule has 1 heterocycles. The Labute approximate surface area is 97.3 Å². The summed E-state index contributed by atoms with van der Waals surface area (Å²) in [6.07, 6.45) is -1.89. The summed E-state index contributed by atoms with van der Waals surface area (Å²) in [5.74, 6) is -1.09. The number of carbonyl (C=O) groups excluding carboxylic acids is 1. The normalized spacial score (nSPS) is 24.1. The van der Waals surface area contributed by atoms with Gasteiger partial charge in [-0.1, -0.05) is 0 Å². The summed E-state index contributed by atoms with van der Waals surface area (Å²) < 4.78 is 13.2. The van der Waals surface area contributed by atoms with Gasteiger partial charge in [0.1, 0.15) is 5.82 Å². The molecule has 17 heavy (non-hydrogen) atoms. The van der Waals surface area contributed by atoms with E-state index in [-0.39, 0.29) is 24.3 Å². The number of likely N-dealkylation sites (tertiary alicyclic amines) is 1. The molecule has 1 fully saturated rings. The van der Waals surface area contributed by atoms with E-state index in [0.29, 0.717) is 0 Å². The number of halogens is 1. The molecular formula is C11H13FN2O3. The number of hydrogen-bond acceptors (Lipinski definition) is 4. The van der Waals surface area contributed by atoms with Crippen LogP contribution in [-0.4, -0.2) is 46.3 Å². The Kier molecular flexibility index (Phi) is 2.99. The van der Waals surface area contributed by atoms with E-state index < -0.39 is 23.9 Å². The molecule has 6 heteroatoms. The first-order valence-corrected chi connectivity index (χ1v) is 5.19. The van der Waals surface area contributed by atoms with Crippen molar-refractivity contribution in [3.8, 4) is 0 Å². The molecule has 0 aliphatic carbocycles. The Morgan fingerprint density at radius 1 is 1.35 bits per heavy atom. The SMILES string of the molecule is Nc1ccc(C(=O)N2C[C@@H](O)[C@@H](O)C2)cc1F. The Hall–Kier alpha value is -1.66. The minimum atomic E-state index is -0.947. The average Bonchev–Trinajstić information content (AvgIpc) is 2.62. The Balaban J connectivity index is 2.17. The van der Waals surface area contributed by atoms with Gasteiger partial charge in [0.05, 0.1) is 17.9 Å². The minimum absolute atomic E-state index is 0.0250. The van der Waals surface area contributed by atoms with Gasteiger partial charge in [0, 0.05) is 18.7 Å². The number of β-amino-alcohol motifs (C(OH)–C–C–N with tert-alkyl or cyclic N) is 2. The molecule has 92 valence electrons. The highest BCUT2D eigenvalue weighted by atomic mass is 19.1. The van der Waals surface area contributed by atoms with E-state index >= 15 is 0 Å². The molecule has 4 N–H and O–H groups in total. The molecule has 1 saturated heterocycles. The lowest BCUT2D eigenvalue weighted by atomic mass is 10.2. The summed E-state index contributed by atoms with van der Waals surface area (Å²) in [5.41, 5.74) is 5.43. The molecule has 0 radical (unpaired) electrons. The topological polar surface area (TPSA) is 86.8 Å². The first kappa shape index (κ1) is 11.8. The lowest BCUT2D eigenvalue weighted by molar-refractivity contribution is 0.0572. The number of carbonyl (C=O) groups is 1. The van der Waals surface area contributed by atoms with Crippen LogP contribution in [0.1, 0.15) is 10.4 Å². The first-order chi connectivity index (χ1) is 7.99. The monoisotopic (exact) mass is 240 g/mol. The molecular weight excluding hydrogens is 227 g/mol. The highest BCUT2D eigenvalue weighted by molar-refractivity contribution is 5.94. The van der Waals surface area contributed by atoms with E-state index in [1.807, 2.05) is 0 Å². The van der Waals surface area contributed by atoms with Gasteiger partial charge in [0.2, 0.25) is 0 Å². The van der Waals surface area contributed by atoms with Gasteiger partial charge in [-0.2, -0.15) is 0 Å². The quantitative estimate of drug-likeness (QED) is 0.582. The van der Waals surface area contributed by atoms with Gasteiger partial charge in [0.15, 0.2) is 0 Å². The van der Waals surface area contributed by atoms with Gasteiger partial charge in [-0.25, -0.2) is 4.39 Å². The number of nitrogens with zero attached hydrogens (tertiary/aromatic N) is 1. The van der Waals surface area contributed by atoms with E-state index in [9.17, 15) is 19.4 Å². The molecule has 1 aliphatic rings. The highest BCUT2D eigenvalue weighted by Gasteiger charge is 2.33. The summed E-state index contributed by atoms with van der Waals surface area (Å²) in [7, 11) is 0. The molecule has 1 aromatic carbocycles. The summed E-state index contributed by atoms with van der Waals surface area (Å²) in [4.78, 5) is 13.2. The predicted octanol–water partition coefficient (Wildman–Crippen LogP) is -0.415. The lowest BCUT2D eigenvalue weighted by Gasteiger charge is -2.15. The fourth-order valence-electron chi connectivity index (χ4n) is 1.78. The molecule has 1 amide bonds. The Bertz CT molecular complexity index is 442. The van der Waals surface area contributed by atoms with Crippen LogP contribution in [-0.2, 0) is 0 Å². The van der Waals surface area contributed by atoms with Crippen molar-refractivity contribution in [2.45, 2.75) is 12.2 Å². The van der Waals surface area contributed by atoms with Gasteiger partial charge in [-0.15, -0.1) is 0 Å². The van der Waals surface area contributed by atoms with Crippen molar-refractivity contribution in [2.75, 3.05) is 18.8 Å². The van der Waals surface area contributed by atoms with Gasteiger partial charge in [-0.05, 0) is 18.2 Å². The summed E-state index contributed by atoms with van der Waals surface area (Å²) >= 11 is 0. The van der Waals surface area contributed by atoms with E-state index in [0.717, 1.165) is 6.07 Å². The van der Waals surface area contributed by atoms with Crippen LogP contribution in [0.15, 0.2) is 18.2 Å². The maximum atomic E-state index is 13.2. The fraction of sp³-hybridized carbons (Fsp3) is 0.364. The van der Waals surface area contributed by atoms with Crippen molar-refractivity contribution in [2.24, 2.45) is 0 Å². The van der Waals surface area contributed by atoms with E-state index in [2.05, 4.69) is 0 Å². The predicted molar refractivity (Wildman–Crippen MR) is 58.7 cm³/mol. The number of anilines is 1. The minimum Gasteiger partial charge on any atom is -0.396 e. The zero-order valence-corrected chi connectivity index (χ0v) is 9.01. The second kappa shape index (κ2) is 4.31. The molecule has 1 aromatic rings. The number of nitrogens with two attached hydrogens (primary N) is 1. The maximum absolute atomic E-state index is 13.2. The van der Waals surface area contributed by atoms with Crippen LogP contribution in [0.2, 0.25) is 0 Å². The Morgan fingerprint density at radius 3 is 2.47 bits per heavy atom. The number of hydrogen-bond donors (Lipinski definition) is 3. The molecule has 2 atom stereocenters. The second-order valence-corrected chi connectivity index (χ2v) is 4.08. The average molecular weight is 240 g/mol. The third kappa shape index (κ3) is 2.22. The van der Waals surface area contributed by atoms with Crippen LogP contribution in [0.25, 0.3) is 0 Å². The third-order valence-electron chi connectivity index (χ3n) is 2.79. The van der Waals surface area contributed by atoms with Crippen molar-refractivity contribution >= 4 is 11.6 Å². The van der Waals surface area contributed by atoms with Crippen LogP contribution in [0.4, 0.5) is 10.1 Å². The van der Waals surface area contributed by atoms with Crippen molar-refractivity contribution in [3.05, 3.63) is 29.6 Å². The summed E-state index contributed by atoms with van der Waals surface area (Å²) in [6, 6.07) is 3.78. The molecule has 5 nitrogen and oxygen atoms in total. The number of rotatable bonds is 1. The molecule has 2 rings (SSSR count). The zero-order valence-electron chi connectivity index (χ0n) is 9.01. The highest BCUT2D eigenvalue weighted by Crippen LogP contribution is 2.17. The van der Waals surface area contributed by atoms with Gasteiger partial charge in [-0.3, -0.25) is 4.79 Å². The molecule has 0 unspecified atom stereocenters. The van der Waals surface area contributed by atoms with E-state index in [1.54, 1.807) is 0 Å². The van der Waals surface area contributed by atoms with Crippen LogP contribution >= 0.6 is 0 Å². The molecule has 0 spiro atoms. The fourth-order valence-corrected chi connectivity index (χ4v) is 1.78. The molecule has 0 aromatic heterocycles. The molecule has 0 saturated carbocycles. The van der Waals surface area contributed by atoms with Crippen LogP contribution in [0.5, 0.6) is 0 Å². The largest absolute Gasteiger partial charge is 0.396 e. The smallest absolute Gasteiger partial charge is 0.254 e. The maximum Gasteiger partial charge on any atom is 0.254 e. The molecule has 0 bridgehead atoms. The zero-order chi connectivity index (χ0) is 12.6. The number of amides is 1. The van der Waals surface area contributed by atoms with Gasteiger partial charge < -0.3 is 20.8 Å². The van der Waals surface area contributed by atoms with Gasteiger partial charge >= 0.3 is 0 Å². The van der Waals surface area contributed by atoms with Crippen molar-refractivity contribution in [1.29, 1.82) is 0 Å². The van der Waals surface area contributed by atoms with Crippen molar-refractivity contribution in [3.63, 3.8) is 0 Å². The number of nitrogen functional groups attached to an aromatic ring is 1. The van der Waals surface area contributed by atoms with Crippen molar-refractivity contribution < 1.29 is 19.4 Å². The first-order valence-electron chi connectivity index (χ1n) is 5.19. The summed E-state index contributed by atoms with van der Waals surface area (Å²) in [5, 5.41) is 18.6.